The van der Waals surface area contributed by atoms with Gasteiger partial charge < -0.3 is 5.11 Å². The van der Waals surface area contributed by atoms with E-state index in [9.17, 15) is 4.79 Å². The average Bonchev–Trinajstić information content (AvgIpc) is 2.82. The van der Waals surface area contributed by atoms with Gasteiger partial charge in [0.1, 0.15) is 0 Å². The van der Waals surface area contributed by atoms with E-state index in [1.165, 1.54) is 43.7 Å². The highest BCUT2D eigenvalue weighted by molar-refractivity contribution is 5.86. The fourth-order valence-corrected chi connectivity index (χ4v) is 2.64. The second-order valence-electron chi connectivity index (χ2n) is 4.86. The van der Waals surface area contributed by atoms with E-state index in [1.807, 2.05) is 12.4 Å². The zero-order valence-corrected chi connectivity index (χ0v) is 10.0. The van der Waals surface area contributed by atoms with Gasteiger partial charge in [0.05, 0.1) is 0 Å². The van der Waals surface area contributed by atoms with Crippen molar-refractivity contribution in [3.8, 4) is 0 Å². The van der Waals surface area contributed by atoms with E-state index in [4.69, 9.17) is 5.11 Å². The molecule has 1 saturated carbocycles. The van der Waals surface area contributed by atoms with Gasteiger partial charge in [0, 0.05) is 18.5 Å². The second kappa shape index (κ2) is 4.40. The standard InChI is InChI=1S/C13H15N3O2/c17-13(18)11-6-12-14-7-10(8-16(12)15-11)9-4-2-1-3-5-9/h6-9H,1-5H2,(H,17,18). The van der Waals surface area contributed by atoms with Crippen LogP contribution in [-0.4, -0.2) is 25.7 Å². The molecule has 2 aromatic rings. The molecule has 1 aliphatic carbocycles. The van der Waals surface area contributed by atoms with Crippen LogP contribution in [0.3, 0.4) is 0 Å². The Morgan fingerprint density at radius 1 is 1.33 bits per heavy atom. The number of carboxylic acids is 1. The fourth-order valence-electron chi connectivity index (χ4n) is 2.64. The third-order valence-corrected chi connectivity index (χ3v) is 3.63. The minimum atomic E-state index is -1.01. The zero-order valence-electron chi connectivity index (χ0n) is 10.0. The summed E-state index contributed by atoms with van der Waals surface area (Å²) >= 11 is 0. The molecule has 0 unspecified atom stereocenters. The first-order chi connectivity index (χ1) is 8.74. The van der Waals surface area contributed by atoms with Gasteiger partial charge in [-0.05, 0) is 24.3 Å². The summed E-state index contributed by atoms with van der Waals surface area (Å²) in [4.78, 5) is 15.2. The monoisotopic (exact) mass is 245 g/mol. The van der Waals surface area contributed by atoms with Crippen LogP contribution in [0.25, 0.3) is 5.65 Å². The van der Waals surface area contributed by atoms with Gasteiger partial charge in [-0.2, -0.15) is 5.10 Å². The zero-order chi connectivity index (χ0) is 12.5. The SMILES string of the molecule is O=C(O)c1cc2ncc(C3CCCCC3)cn2n1. The molecule has 18 heavy (non-hydrogen) atoms. The summed E-state index contributed by atoms with van der Waals surface area (Å²) in [6.45, 7) is 0. The van der Waals surface area contributed by atoms with Crippen LogP contribution in [0.5, 0.6) is 0 Å². The summed E-state index contributed by atoms with van der Waals surface area (Å²) in [5, 5.41) is 12.9. The van der Waals surface area contributed by atoms with Crippen molar-refractivity contribution in [1.82, 2.24) is 14.6 Å². The van der Waals surface area contributed by atoms with E-state index in [0.29, 0.717) is 11.6 Å². The predicted octanol–water partition coefficient (Wildman–Crippen LogP) is 2.48. The minimum absolute atomic E-state index is 0.0447. The van der Waals surface area contributed by atoms with Crippen LogP contribution in [0.1, 0.15) is 54.1 Å². The number of rotatable bonds is 2. The van der Waals surface area contributed by atoms with Crippen molar-refractivity contribution in [2.24, 2.45) is 0 Å². The Hall–Kier alpha value is -1.91. The molecule has 2 heterocycles. The van der Waals surface area contributed by atoms with Crippen molar-refractivity contribution in [2.45, 2.75) is 38.0 Å². The Bertz CT molecular complexity index is 585. The van der Waals surface area contributed by atoms with Crippen molar-refractivity contribution in [2.75, 3.05) is 0 Å². The fraction of sp³-hybridized carbons (Fsp3) is 0.462. The lowest BCUT2D eigenvalue weighted by molar-refractivity contribution is 0.0690. The molecule has 0 aromatic carbocycles. The van der Waals surface area contributed by atoms with Gasteiger partial charge in [0.25, 0.3) is 0 Å². The molecule has 2 aromatic heterocycles. The molecule has 0 spiro atoms. The largest absolute Gasteiger partial charge is 0.476 e. The Labute approximate surface area is 104 Å². The van der Waals surface area contributed by atoms with Crippen LogP contribution in [0.2, 0.25) is 0 Å². The van der Waals surface area contributed by atoms with Crippen molar-refractivity contribution in [3.05, 3.63) is 29.7 Å². The van der Waals surface area contributed by atoms with Gasteiger partial charge in [-0.3, -0.25) is 0 Å². The maximum atomic E-state index is 10.9. The first-order valence-corrected chi connectivity index (χ1v) is 6.32. The number of carbonyl (C=O) groups is 1. The summed E-state index contributed by atoms with van der Waals surface area (Å²) in [7, 11) is 0. The topological polar surface area (TPSA) is 67.5 Å². The van der Waals surface area contributed by atoms with E-state index < -0.39 is 5.97 Å². The maximum absolute atomic E-state index is 10.9. The number of aromatic nitrogens is 3. The van der Waals surface area contributed by atoms with Crippen LogP contribution in [0, 0.1) is 0 Å². The van der Waals surface area contributed by atoms with Crippen LogP contribution >= 0.6 is 0 Å². The first kappa shape index (κ1) is 11.2. The molecular formula is C13H15N3O2. The van der Waals surface area contributed by atoms with E-state index in [2.05, 4.69) is 10.1 Å². The number of aromatic carboxylic acids is 1. The molecule has 94 valence electrons. The third-order valence-electron chi connectivity index (χ3n) is 3.63. The molecule has 0 bridgehead atoms. The summed E-state index contributed by atoms with van der Waals surface area (Å²) in [5.74, 6) is -0.465. The van der Waals surface area contributed by atoms with Crippen LogP contribution < -0.4 is 0 Å². The predicted molar refractivity (Wildman–Crippen MR) is 65.8 cm³/mol. The van der Waals surface area contributed by atoms with Gasteiger partial charge in [-0.15, -0.1) is 0 Å². The van der Waals surface area contributed by atoms with Gasteiger partial charge in [-0.1, -0.05) is 19.3 Å². The number of hydrogen-bond acceptors (Lipinski definition) is 3. The normalized spacial score (nSPS) is 17.1. The van der Waals surface area contributed by atoms with Crippen LogP contribution in [0.4, 0.5) is 0 Å². The van der Waals surface area contributed by atoms with Gasteiger partial charge in [0.15, 0.2) is 11.3 Å². The van der Waals surface area contributed by atoms with Gasteiger partial charge in [-0.25, -0.2) is 14.3 Å². The van der Waals surface area contributed by atoms with Crippen molar-refractivity contribution in [3.63, 3.8) is 0 Å². The van der Waals surface area contributed by atoms with E-state index in [1.54, 1.807) is 4.52 Å². The highest BCUT2D eigenvalue weighted by atomic mass is 16.4. The van der Waals surface area contributed by atoms with Gasteiger partial charge in [0.2, 0.25) is 0 Å². The molecule has 3 rings (SSSR count). The van der Waals surface area contributed by atoms with Crippen molar-refractivity contribution < 1.29 is 9.90 Å². The van der Waals surface area contributed by atoms with Gasteiger partial charge >= 0.3 is 5.97 Å². The molecule has 0 radical (unpaired) electrons. The highest BCUT2D eigenvalue weighted by Gasteiger charge is 2.17. The van der Waals surface area contributed by atoms with E-state index in [-0.39, 0.29) is 5.69 Å². The van der Waals surface area contributed by atoms with Crippen molar-refractivity contribution >= 4 is 11.6 Å². The van der Waals surface area contributed by atoms with E-state index >= 15 is 0 Å². The summed E-state index contributed by atoms with van der Waals surface area (Å²) in [6, 6.07) is 1.49. The molecule has 5 heteroatoms. The maximum Gasteiger partial charge on any atom is 0.356 e. The van der Waals surface area contributed by atoms with Crippen LogP contribution in [0.15, 0.2) is 18.5 Å². The Balaban J connectivity index is 1.96. The molecule has 0 atom stereocenters. The summed E-state index contributed by atoms with van der Waals surface area (Å²) < 4.78 is 1.58. The molecule has 5 nitrogen and oxygen atoms in total. The number of fused-ring (bicyclic) bond motifs is 1. The molecule has 1 N–H and O–H groups in total. The lowest BCUT2D eigenvalue weighted by Crippen LogP contribution is -2.06. The highest BCUT2D eigenvalue weighted by Crippen LogP contribution is 2.32. The Morgan fingerprint density at radius 2 is 2.11 bits per heavy atom. The number of hydrogen-bond donors (Lipinski definition) is 1. The number of carboxylic acid groups (broad SMARTS) is 1. The smallest absolute Gasteiger partial charge is 0.356 e. The quantitative estimate of drug-likeness (QED) is 0.882. The van der Waals surface area contributed by atoms with Crippen LogP contribution in [-0.2, 0) is 0 Å². The molecule has 0 saturated heterocycles. The van der Waals surface area contributed by atoms with Crippen molar-refractivity contribution in [1.29, 1.82) is 0 Å². The minimum Gasteiger partial charge on any atom is -0.476 e. The Morgan fingerprint density at radius 3 is 2.83 bits per heavy atom. The lowest BCUT2D eigenvalue weighted by atomic mass is 9.85. The molecule has 0 aliphatic heterocycles. The van der Waals surface area contributed by atoms with E-state index in [0.717, 1.165) is 0 Å². The molecule has 0 amide bonds. The lowest BCUT2D eigenvalue weighted by Gasteiger charge is -2.21. The number of nitrogens with zero attached hydrogens (tertiary/aromatic N) is 3. The summed E-state index contributed by atoms with van der Waals surface area (Å²) in [5.41, 5.74) is 1.80. The average molecular weight is 245 g/mol. The third kappa shape index (κ3) is 1.96. The molecular weight excluding hydrogens is 230 g/mol. The summed E-state index contributed by atoms with van der Waals surface area (Å²) in [6.07, 6.45) is 10.0. The second-order valence-corrected chi connectivity index (χ2v) is 4.86. The molecule has 1 aliphatic rings. The molecule has 1 fully saturated rings. The Kier molecular flexibility index (Phi) is 2.74. The first-order valence-electron chi connectivity index (χ1n) is 6.32.